The molecular weight excluding hydrogens is 405 g/mol. The van der Waals surface area contributed by atoms with Crippen molar-refractivity contribution in [3.05, 3.63) is 68.2 Å². The summed E-state index contributed by atoms with van der Waals surface area (Å²) in [5.41, 5.74) is 4.09. The molecule has 0 fully saturated rings. The fourth-order valence-electron chi connectivity index (χ4n) is 2.13. The Morgan fingerprint density at radius 2 is 1.89 bits per heavy atom. The van der Waals surface area contributed by atoms with Gasteiger partial charge in [0.1, 0.15) is 17.3 Å². The number of carbonyl (C=O) groups is 1. The zero-order valence-electron chi connectivity index (χ0n) is 14.1. The van der Waals surface area contributed by atoms with Crippen molar-refractivity contribution < 1.29 is 27.7 Å². The second kappa shape index (κ2) is 7.72. The summed E-state index contributed by atoms with van der Waals surface area (Å²) in [6, 6.07) is 6.01. The van der Waals surface area contributed by atoms with Crippen LogP contribution in [0.4, 0.5) is 13.2 Å². The van der Waals surface area contributed by atoms with Gasteiger partial charge in [0.2, 0.25) is 0 Å². The van der Waals surface area contributed by atoms with Crippen LogP contribution in [0, 0.1) is 15.5 Å². The molecule has 2 aromatic carbocycles. The summed E-state index contributed by atoms with van der Waals surface area (Å²) in [5.74, 6) is -1.68. The molecule has 0 aliphatic heterocycles. The van der Waals surface area contributed by atoms with Crippen LogP contribution < -0.4 is 10.5 Å². The number of ether oxygens (including phenoxy) is 1. The van der Waals surface area contributed by atoms with Crippen LogP contribution in [-0.4, -0.2) is 28.8 Å². The first-order chi connectivity index (χ1) is 12.9. The first-order valence-electron chi connectivity index (χ1n) is 7.37. The zero-order chi connectivity index (χ0) is 21.2. The Morgan fingerprint density at radius 3 is 2.39 bits per heavy atom. The number of amidine groups is 1. The topological polar surface area (TPSA) is 123 Å². The van der Waals surface area contributed by atoms with Gasteiger partial charge in [0.15, 0.2) is 5.03 Å². The molecule has 148 valence electrons. The van der Waals surface area contributed by atoms with Crippen molar-refractivity contribution in [2.75, 3.05) is 7.05 Å². The maximum absolute atomic E-state index is 12.7. The Morgan fingerprint density at radius 1 is 1.25 bits per heavy atom. The summed E-state index contributed by atoms with van der Waals surface area (Å²) in [7, 11) is 0.929. The molecule has 0 radical (unpaired) electrons. The second-order valence-corrected chi connectivity index (χ2v) is 5.84. The number of rotatable bonds is 5. The van der Waals surface area contributed by atoms with E-state index in [1.54, 1.807) is 0 Å². The highest BCUT2D eigenvalue weighted by molar-refractivity contribution is 6.32. The quantitative estimate of drug-likeness (QED) is 0.333. The van der Waals surface area contributed by atoms with Gasteiger partial charge in [-0.2, -0.15) is 13.2 Å². The smallest absolute Gasteiger partial charge is 0.416 e. The van der Waals surface area contributed by atoms with E-state index in [9.17, 15) is 28.1 Å². The first kappa shape index (κ1) is 21.0. The average Bonchev–Trinajstić information content (AvgIpc) is 2.61. The predicted molar refractivity (Wildman–Crippen MR) is 93.1 cm³/mol. The minimum Gasteiger partial charge on any atom is -0.456 e. The van der Waals surface area contributed by atoms with Gasteiger partial charge in [-0.3, -0.25) is 10.2 Å². The molecule has 0 atom stereocenters. The van der Waals surface area contributed by atoms with Crippen LogP contribution in [0.5, 0.6) is 11.5 Å². The van der Waals surface area contributed by atoms with Crippen LogP contribution >= 0.6 is 11.6 Å². The summed E-state index contributed by atoms with van der Waals surface area (Å²) < 4.78 is 43.5. The highest BCUT2D eigenvalue weighted by Gasteiger charge is 2.31. The third-order valence-electron chi connectivity index (χ3n) is 3.54. The number of nitrogens with one attached hydrogen (secondary N) is 1. The summed E-state index contributed by atoms with van der Waals surface area (Å²) in [6.07, 6.45) is -4.57. The molecule has 1 amide bonds. The third-order valence-corrected chi connectivity index (χ3v) is 3.83. The number of nitrogens with two attached hydrogens (primary N) is 1. The van der Waals surface area contributed by atoms with E-state index >= 15 is 0 Å². The van der Waals surface area contributed by atoms with Crippen LogP contribution in [0.2, 0.25) is 5.02 Å². The lowest BCUT2D eigenvalue weighted by molar-refractivity contribution is -0.625. The number of alkyl halides is 3. The minimum atomic E-state index is -4.57. The van der Waals surface area contributed by atoms with E-state index in [1.165, 1.54) is 6.07 Å². The highest BCUT2D eigenvalue weighted by Crippen LogP contribution is 2.36. The largest absolute Gasteiger partial charge is 0.456 e. The number of carbonyl (C=O) groups excluding carboxylic acids is 1. The predicted octanol–water partition coefficient (Wildman–Crippen LogP) is 3.70. The number of hydrogen-bond donors (Lipinski definition) is 2. The number of hydrazine groups is 1. The molecule has 0 bridgehead atoms. The van der Waals surface area contributed by atoms with Gasteiger partial charge < -0.3 is 10.5 Å². The Labute approximate surface area is 160 Å². The van der Waals surface area contributed by atoms with Crippen LogP contribution in [0.3, 0.4) is 0 Å². The van der Waals surface area contributed by atoms with Crippen molar-refractivity contribution in [2.45, 2.75) is 6.18 Å². The summed E-state index contributed by atoms with van der Waals surface area (Å²) >= 11 is 5.82. The number of benzene rings is 2. The van der Waals surface area contributed by atoms with Crippen LogP contribution in [0.15, 0.2) is 36.4 Å². The van der Waals surface area contributed by atoms with Crippen molar-refractivity contribution in [3.63, 3.8) is 0 Å². The highest BCUT2D eigenvalue weighted by atomic mass is 35.5. The van der Waals surface area contributed by atoms with Crippen LogP contribution in [0.25, 0.3) is 0 Å². The first-order valence-corrected chi connectivity index (χ1v) is 7.75. The molecule has 0 saturated carbocycles. The molecule has 0 spiro atoms. The average molecular weight is 417 g/mol. The van der Waals surface area contributed by atoms with Crippen molar-refractivity contribution in [2.24, 2.45) is 5.73 Å². The summed E-state index contributed by atoms with van der Waals surface area (Å²) in [4.78, 5) is 22.9. The maximum Gasteiger partial charge on any atom is 0.416 e. The van der Waals surface area contributed by atoms with E-state index in [1.807, 2.05) is 0 Å². The summed E-state index contributed by atoms with van der Waals surface area (Å²) in [5, 5.41) is 17.3. The van der Waals surface area contributed by atoms with Gasteiger partial charge in [-0.25, -0.2) is 10.1 Å². The van der Waals surface area contributed by atoms with Crippen molar-refractivity contribution in [1.82, 2.24) is 5.01 Å². The monoisotopic (exact) mass is 416 g/mol. The van der Waals surface area contributed by atoms with Gasteiger partial charge in [0.25, 0.3) is 0 Å². The Hall–Kier alpha value is -3.34. The molecular formula is C16H12ClF3N4O4. The van der Waals surface area contributed by atoms with Crippen molar-refractivity contribution in [3.8, 4) is 11.5 Å². The molecule has 12 heteroatoms. The number of nitrogen functional groups attached to an aromatic ring is 1. The molecule has 0 aliphatic rings. The number of halogens is 4. The van der Waals surface area contributed by atoms with Crippen LogP contribution in [-0.2, 0) is 6.18 Å². The SMILES string of the molecule is CN(C(=O)c1ccc(Oc2ccc(C(F)(F)F)cc2Cl)cc1C(=N)N)[N+](=O)[O-]. The Balaban J connectivity index is 2.38. The van der Waals surface area contributed by atoms with E-state index in [0.717, 1.165) is 31.3 Å². The van der Waals surface area contributed by atoms with Gasteiger partial charge in [-0.05, 0) is 36.4 Å². The number of nitro groups is 1. The normalized spacial score (nSPS) is 11.0. The second-order valence-electron chi connectivity index (χ2n) is 5.43. The Kier molecular flexibility index (Phi) is 5.78. The van der Waals surface area contributed by atoms with E-state index in [2.05, 4.69) is 0 Å². The van der Waals surface area contributed by atoms with E-state index in [-0.39, 0.29) is 32.7 Å². The fraction of sp³-hybridized carbons (Fsp3) is 0.125. The number of amides is 1. The van der Waals surface area contributed by atoms with E-state index in [4.69, 9.17) is 27.5 Å². The fourth-order valence-corrected chi connectivity index (χ4v) is 2.35. The minimum absolute atomic E-state index is 0.00663. The standard InChI is InChI=1S/C16H12ClF3N4O4/c1-23(24(26)27)15(25)10-4-3-9(7-11(10)14(21)22)28-13-5-2-8(6-12(13)17)16(18,19)20/h2-7H,1H3,(H3,21,22). The number of hydrogen-bond acceptors (Lipinski definition) is 5. The zero-order valence-corrected chi connectivity index (χ0v) is 14.8. The van der Waals surface area contributed by atoms with Crippen LogP contribution in [0.1, 0.15) is 21.5 Å². The molecule has 3 N–H and O–H groups in total. The molecule has 28 heavy (non-hydrogen) atoms. The maximum atomic E-state index is 12.7. The number of nitrogens with zero attached hydrogens (tertiary/aromatic N) is 2. The van der Waals surface area contributed by atoms with E-state index in [0.29, 0.717) is 6.07 Å². The summed E-state index contributed by atoms with van der Waals surface area (Å²) in [6.45, 7) is 0. The molecule has 2 aromatic rings. The van der Waals surface area contributed by atoms with Gasteiger partial charge in [-0.1, -0.05) is 16.6 Å². The third kappa shape index (κ3) is 4.49. The lowest BCUT2D eigenvalue weighted by atomic mass is 10.1. The van der Waals surface area contributed by atoms with E-state index < -0.39 is 28.5 Å². The molecule has 0 unspecified atom stereocenters. The molecule has 0 saturated heterocycles. The van der Waals surface area contributed by atoms with Crippen molar-refractivity contribution >= 4 is 23.3 Å². The molecule has 8 nitrogen and oxygen atoms in total. The lowest BCUT2D eigenvalue weighted by Crippen LogP contribution is -2.33. The van der Waals surface area contributed by atoms with Gasteiger partial charge in [0, 0.05) is 5.56 Å². The Bertz CT molecular complexity index is 965. The van der Waals surface area contributed by atoms with Gasteiger partial charge >= 0.3 is 12.1 Å². The lowest BCUT2D eigenvalue weighted by Gasteiger charge is -2.14. The molecule has 0 aromatic heterocycles. The van der Waals surface area contributed by atoms with Gasteiger partial charge in [-0.15, -0.1) is 0 Å². The molecule has 0 aliphatic carbocycles. The van der Waals surface area contributed by atoms with Gasteiger partial charge in [0.05, 0.1) is 23.2 Å². The molecule has 2 rings (SSSR count). The van der Waals surface area contributed by atoms with Crippen molar-refractivity contribution in [1.29, 1.82) is 5.41 Å². The molecule has 0 heterocycles.